The second-order valence-corrected chi connectivity index (χ2v) is 9.21. The lowest BCUT2D eigenvalue weighted by Crippen LogP contribution is -2.65. The number of rotatable bonds is 6. The van der Waals surface area contributed by atoms with Gasteiger partial charge in [-0.1, -0.05) is 19.3 Å². The molecule has 0 saturated heterocycles. The highest BCUT2D eigenvalue weighted by atomic mass is 19.3. The highest BCUT2D eigenvalue weighted by molar-refractivity contribution is 6.51. The van der Waals surface area contributed by atoms with Crippen molar-refractivity contribution in [3.05, 3.63) is 42.1 Å². The molecule has 1 fully saturated rings. The molecule has 0 radical (unpaired) electrons. The Hall–Kier alpha value is -3.30. The molecule has 1 aliphatic carbocycles. The molecule has 2 aromatic heterocycles. The smallest absolute Gasteiger partial charge is 0.622 e. The van der Waals surface area contributed by atoms with E-state index in [0.717, 1.165) is 48.9 Å². The Morgan fingerprint density at radius 2 is 1.94 bits per heavy atom. The van der Waals surface area contributed by atoms with Gasteiger partial charge in [-0.05, 0) is 44.9 Å². The minimum absolute atomic E-state index is 0.162. The molecule has 1 N–H and O–H groups in total. The Morgan fingerprint density at radius 1 is 1.20 bits per heavy atom. The Kier molecular flexibility index (Phi) is 6.07. The molecule has 10 heteroatoms. The fourth-order valence-corrected chi connectivity index (χ4v) is 5.39. The van der Waals surface area contributed by atoms with Gasteiger partial charge >= 0.3 is 13.0 Å². The third-order valence-electron chi connectivity index (χ3n) is 7.17. The van der Waals surface area contributed by atoms with Crippen LogP contribution in [-0.2, 0) is 4.74 Å². The molecule has 3 aromatic rings. The van der Waals surface area contributed by atoms with Gasteiger partial charge in [-0.15, -0.1) is 0 Å². The number of nitrogens with one attached hydrogen (secondary N) is 1. The van der Waals surface area contributed by atoms with Crippen LogP contribution >= 0.6 is 0 Å². The zero-order valence-corrected chi connectivity index (χ0v) is 20.4. The number of halogens is 2. The van der Waals surface area contributed by atoms with Crippen LogP contribution in [-0.4, -0.2) is 43.6 Å². The molecule has 0 amide bonds. The van der Waals surface area contributed by atoms with E-state index in [4.69, 9.17) is 9.39 Å². The molecule has 3 heterocycles. The minimum Gasteiger partial charge on any atom is -0.622 e. The number of carbonyl (C=O) groups is 1. The molecule has 0 unspecified atom stereocenters. The maximum atomic E-state index is 15.7. The van der Waals surface area contributed by atoms with Gasteiger partial charge in [0.2, 0.25) is 11.5 Å². The van der Waals surface area contributed by atoms with E-state index < -0.39 is 13.0 Å². The molecular weight excluding hydrogens is 453 g/mol. The predicted molar refractivity (Wildman–Crippen MR) is 132 cm³/mol. The van der Waals surface area contributed by atoms with Gasteiger partial charge in [0, 0.05) is 37.0 Å². The molecule has 35 heavy (non-hydrogen) atoms. The molecular formula is C25H31BF2N4O3. The van der Waals surface area contributed by atoms with E-state index in [1.807, 2.05) is 26.0 Å². The Balaban J connectivity index is 1.75. The van der Waals surface area contributed by atoms with Crippen LogP contribution in [0.4, 0.5) is 20.1 Å². The summed E-state index contributed by atoms with van der Waals surface area (Å²) in [4.78, 5) is 14.3. The van der Waals surface area contributed by atoms with Crippen molar-refractivity contribution in [1.82, 2.24) is 4.40 Å². The van der Waals surface area contributed by atoms with E-state index in [9.17, 15) is 4.79 Å². The summed E-state index contributed by atoms with van der Waals surface area (Å²) in [6.45, 7) is 5.58. The number of methoxy groups -OCH3 is 1. The normalized spacial score (nSPS) is 16.8. The Morgan fingerprint density at radius 3 is 2.63 bits per heavy atom. The lowest BCUT2D eigenvalue weighted by atomic mass is 9.94. The quantitative estimate of drug-likeness (QED) is 0.399. The first-order valence-corrected chi connectivity index (χ1v) is 12.4. The monoisotopic (exact) mass is 484 g/mol. The van der Waals surface area contributed by atoms with E-state index in [0.29, 0.717) is 17.1 Å². The van der Waals surface area contributed by atoms with Gasteiger partial charge in [0.05, 0.1) is 30.2 Å². The van der Waals surface area contributed by atoms with Crippen molar-refractivity contribution in [2.24, 2.45) is 0 Å². The zero-order valence-electron chi connectivity index (χ0n) is 20.4. The summed E-state index contributed by atoms with van der Waals surface area (Å²) >= 11 is 0. The lowest BCUT2D eigenvalue weighted by Gasteiger charge is -2.32. The van der Waals surface area contributed by atoms with Crippen LogP contribution in [0.3, 0.4) is 0 Å². The van der Waals surface area contributed by atoms with Crippen molar-refractivity contribution in [2.75, 3.05) is 30.4 Å². The highest BCUT2D eigenvalue weighted by Crippen LogP contribution is 2.42. The maximum absolute atomic E-state index is 15.7. The fourth-order valence-electron chi connectivity index (χ4n) is 5.39. The average molecular weight is 484 g/mol. The molecule has 5 rings (SSSR count). The molecule has 7 nitrogen and oxygen atoms in total. The number of ether oxygens (including phenoxy) is 1. The highest BCUT2D eigenvalue weighted by Gasteiger charge is 2.50. The van der Waals surface area contributed by atoms with Gasteiger partial charge in [-0.3, -0.25) is 0 Å². The number of hydrogen-bond acceptors (Lipinski definition) is 5. The number of carbonyl (C=O) groups excluding carboxylic acids is 1. The first-order chi connectivity index (χ1) is 16.9. The van der Waals surface area contributed by atoms with Crippen LogP contribution in [0.2, 0.25) is 0 Å². The van der Waals surface area contributed by atoms with Gasteiger partial charge in [-0.25, -0.2) is 4.79 Å². The van der Waals surface area contributed by atoms with Crippen molar-refractivity contribution < 1.29 is 27.3 Å². The van der Waals surface area contributed by atoms with E-state index in [1.165, 1.54) is 19.6 Å². The first kappa shape index (κ1) is 23.4. The lowest BCUT2D eigenvalue weighted by molar-refractivity contribution is -0.541. The number of imidazole rings is 1. The minimum atomic E-state index is -4.46. The molecule has 1 aromatic carbocycles. The summed E-state index contributed by atoms with van der Waals surface area (Å²) < 4.78 is 44.3. The van der Waals surface area contributed by atoms with Crippen LogP contribution in [0.1, 0.15) is 56.3 Å². The number of benzene rings is 1. The molecule has 2 aliphatic rings. The maximum Gasteiger partial charge on any atom is 0.734 e. The number of aromatic nitrogens is 2. The first-order valence-electron chi connectivity index (χ1n) is 12.4. The summed E-state index contributed by atoms with van der Waals surface area (Å²) in [7, 11) is -3.18. The molecule has 1 saturated carbocycles. The standard InChI is InChI=1S/C25H31BF2N4O3/c1-4-30(5-2)19-11-12-20-21(16-19)35-26(27,28)32-22-15-17(25(33)34-3)13-14-31(22)24(23(20)32)29-18-9-7-6-8-10-18/h11-16,18,29H,4-10H2,1-3H3. The number of anilines is 2. The second-order valence-electron chi connectivity index (χ2n) is 9.21. The van der Waals surface area contributed by atoms with Crippen LogP contribution in [0.5, 0.6) is 5.75 Å². The van der Waals surface area contributed by atoms with Crippen LogP contribution in [0, 0.1) is 0 Å². The molecule has 0 spiro atoms. The number of pyridine rings is 1. The van der Waals surface area contributed by atoms with E-state index >= 15 is 8.63 Å². The van der Waals surface area contributed by atoms with E-state index in [1.54, 1.807) is 22.7 Å². The van der Waals surface area contributed by atoms with Crippen molar-refractivity contribution >= 4 is 30.2 Å². The van der Waals surface area contributed by atoms with Crippen molar-refractivity contribution in [1.29, 1.82) is 0 Å². The SMILES string of the molecule is CCN(CC)c1ccc2c(c1)O[B-](F)(F)[n+]1c-2c(NC2CCCCC2)n2ccc(C(=O)OC)cc21. The van der Waals surface area contributed by atoms with Crippen LogP contribution in [0.25, 0.3) is 16.9 Å². The van der Waals surface area contributed by atoms with Crippen LogP contribution in [0.15, 0.2) is 36.5 Å². The van der Waals surface area contributed by atoms with Crippen molar-refractivity contribution in [3.63, 3.8) is 0 Å². The molecule has 0 bridgehead atoms. The Labute approximate surface area is 203 Å². The average Bonchev–Trinajstić information content (AvgIpc) is 3.19. The molecule has 0 atom stereocenters. The third kappa shape index (κ3) is 3.98. The zero-order chi connectivity index (χ0) is 24.7. The summed E-state index contributed by atoms with van der Waals surface area (Å²) in [5.41, 5.74) is 2.17. The summed E-state index contributed by atoms with van der Waals surface area (Å²) in [6.07, 6.45) is 7.02. The predicted octanol–water partition coefficient (Wildman–Crippen LogP) is 4.89. The largest absolute Gasteiger partial charge is 0.734 e. The van der Waals surface area contributed by atoms with Crippen LogP contribution < -0.4 is 19.3 Å². The van der Waals surface area contributed by atoms with Gasteiger partial charge < -0.3 is 32.7 Å². The number of esters is 1. The third-order valence-corrected chi connectivity index (χ3v) is 7.17. The fraction of sp³-hybridized carbons (Fsp3) is 0.440. The Bertz CT molecular complexity index is 1270. The van der Waals surface area contributed by atoms with Crippen molar-refractivity contribution in [3.8, 4) is 17.0 Å². The molecule has 1 aliphatic heterocycles. The summed E-state index contributed by atoms with van der Waals surface area (Å²) in [5, 5.41) is 3.57. The number of hydrogen-bond donors (Lipinski definition) is 1. The summed E-state index contributed by atoms with van der Waals surface area (Å²) in [6, 6.07) is 8.72. The van der Waals surface area contributed by atoms with Crippen molar-refractivity contribution in [2.45, 2.75) is 52.0 Å². The van der Waals surface area contributed by atoms with Gasteiger partial charge in [-0.2, -0.15) is 4.40 Å². The summed E-state index contributed by atoms with van der Waals surface area (Å²) in [5.74, 6) is 0.168. The van der Waals surface area contributed by atoms with Gasteiger partial charge in [0.25, 0.3) is 0 Å². The van der Waals surface area contributed by atoms with E-state index in [2.05, 4.69) is 10.2 Å². The van der Waals surface area contributed by atoms with Gasteiger partial charge in [0.1, 0.15) is 0 Å². The molecule has 186 valence electrons. The van der Waals surface area contributed by atoms with Gasteiger partial charge in [0.15, 0.2) is 5.69 Å². The van der Waals surface area contributed by atoms with E-state index in [-0.39, 0.29) is 23.0 Å². The topological polar surface area (TPSA) is 59.1 Å². The second kappa shape index (κ2) is 9.05. The number of fused-ring (bicyclic) bond motifs is 5. The number of nitrogens with zero attached hydrogens (tertiary/aromatic N) is 3.